The van der Waals surface area contributed by atoms with E-state index in [9.17, 15) is 0 Å². The molecule has 0 aliphatic heterocycles. The van der Waals surface area contributed by atoms with Crippen molar-refractivity contribution >= 4 is 39.1 Å². The van der Waals surface area contributed by atoms with Gasteiger partial charge in [0, 0.05) is 10.0 Å². The number of hydrogen-bond acceptors (Lipinski definition) is 2. The van der Waals surface area contributed by atoms with Crippen molar-refractivity contribution < 1.29 is 4.74 Å². The highest BCUT2D eigenvalue weighted by Crippen LogP contribution is 2.33. The third kappa shape index (κ3) is 3.86. The molecule has 0 unspecified atom stereocenters. The molecule has 0 atom stereocenters. The van der Waals surface area contributed by atoms with Crippen LogP contribution in [0.4, 0.5) is 0 Å². The lowest BCUT2D eigenvalue weighted by atomic mass is 10.1. The summed E-state index contributed by atoms with van der Waals surface area (Å²) in [7, 11) is 0. The van der Waals surface area contributed by atoms with Gasteiger partial charge in [0.1, 0.15) is 11.5 Å². The Bertz CT molecular complexity index is 590. The molecule has 0 fully saturated rings. The highest BCUT2D eigenvalue weighted by atomic mass is 79.9. The molecule has 0 saturated carbocycles. The Hall–Kier alpha value is -0.740. The van der Waals surface area contributed by atoms with Crippen LogP contribution in [-0.4, -0.2) is 6.54 Å². The summed E-state index contributed by atoms with van der Waals surface area (Å²) in [4.78, 5) is 0. The number of rotatable bonds is 4. The van der Waals surface area contributed by atoms with Crippen LogP contribution in [0, 0.1) is 0 Å². The molecular weight excluding hydrogens is 349 g/mol. The molecule has 0 radical (unpaired) electrons. The standard InChI is InChI=1S/C14H12BrCl2NO/c15-12-7-10(16)2-4-14(12)19-11-3-1-9(5-6-18)13(17)8-11/h1-4,7-8H,5-6,18H2. The van der Waals surface area contributed by atoms with E-state index in [2.05, 4.69) is 15.9 Å². The molecule has 0 spiro atoms. The molecule has 0 bridgehead atoms. The SMILES string of the molecule is NCCc1ccc(Oc2ccc(Cl)cc2Br)cc1Cl. The van der Waals surface area contributed by atoms with Gasteiger partial charge in [0.15, 0.2) is 0 Å². The molecule has 2 N–H and O–H groups in total. The third-order valence-corrected chi connectivity index (χ3v) is 3.77. The van der Waals surface area contributed by atoms with E-state index in [0.717, 1.165) is 16.5 Å². The van der Waals surface area contributed by atoms with Crippen LogP contribution in [0.3, 0.4) is 0 Å². The average molecular weight is 361 g/mol. The molecule has 0 aliphatic rings. The van der Waals surface area contributed by atoms with Crippen molar-refractivity contribution in [1.82, 2.24) is 0 Å². The first-order chi connectivity index (χ1) is 9.10. The lowest BCUT2D eigenvalue weighted by Gasteiger charge is -2.10. The summed E-state index contributed by atoms with van der Waals surface area (Å²) in [6.07, 6.45) is 0.754. The second-order valence-electron chi connectivity index (χ2n) is 3.97. The smallest absolute Gasteiger partial charge is 0.141 e. The van der Waals surface area contributed by atoms with Crippen molar-refractivity contribution in [2.24, 2.45) is 5.73 Å². The van der Waals surface area contributed by atoms with Crippen molar-refractivity contribution in [1.29, 1.82) is 0 Å². The first-order valence-electron chi connectivity index (χ1n) is 5.71. The lowest BCUT2D eigenvalue weighted by Crippen LogP contribution is -2.03. The van der Waals surface area contributed by atoms with Crippen LogP contribution < -0.4 is 10.5 Å². The van der Waals surface area contributed by atoms with E-state index in [-0.39, 0.29) is 0 Å². The van der Waals surface area contributed by atoms with E-state index < -0.39 is 0 Å². The van der Waals surface area contributed by atoms with Gasteiger partial charge in [0.25, 0.3) is 0 Å². The Labute approximate surface area is 130 Å². The second kappa shape index (κ2) is 6.62. The molecule has 0 aromatic heterocycles. The number of hydrogen-bond donors (Lipinski definition) is 1. The van der Waals surface area contributed by atoms with Crippen LogP contribution in [0.2, 0.25) is 10.0 Å². The van der Waals surface area contributed by atoms with Crippen LogP contribution in [-0.2, 0) is 6.42 Å². The molecule has 2 rings (SSSR count). The summed E-state index contributed by atoms with van der Waals surface area (Å²) >= 11 is 15.5. The van der Waals surface area contributed by atoms with Gasteiger partial charge in [-0.1, -0.05) is 29.3 Å². The molecule has 19 heavy (non-hydrogen) atoms. The van der Waals surface area contributed by atoms with E-state index in [0.29, 0.717) is 28.1 Å². The normalized spacial score (nSPS) is 10.5. The summed E-state index contributed by atoms with van der Waals surface area (Å²) < 4.78 is 6.55. The minimum atomic E-state index is 0.572. The Morgan fingerprint density at radius 3 is 2.53 bits per heavy atom. The van der Waals surface area contributed by atoms with Crippen molar-refractivity contribution in [3.63, 3.8) is 0 Å². The molecule has 0 amide bonds. The van der Waals surface area contributed by atoms with E-state index in [1.54, 1.807) is 24.3 Å². The number of benzene rings is 2. The van der Waals surface area contributed by atoms with Crippen LogP contribution in [0.1, 0.15) is 5.56 Å². The van der Waals surface area contributed by atoms with Gasteiger partial charge < -0.3 is 10.5 Å². The van der Waals surface area contributed by atoms with Gasteiger partial charge >= 0.3 is 0 Å². The van der Waals surface area contributed by atoms with E-state index in [1.807, 2.05) is 12.1 Å². The lowest BCUT2D eigenvalue weighted by molar-refractivity contribution is 0.479. The average Bonchev–Trinajstić information content (AvgIpc) is 2.36. The summed E-state index contributed by atoms with van der Waals surface area (Å²) in [5, 5.41) is 1.31. The predicted octanol–water partition coefficient (Wildman–Crippen LogP) is 5.05. The predicted molar refractivity (Wildman–Crippen MR) is 83.4 cm³/mol. The van der Waals surface area contributed by atoms with Gasteiger partial charge in [-0.3, -0.25) is 0 Å². The monoisotopic (exact) mass is 359 g/mol. The zero-order chi connectivity index (χ0) is 13.8. The van der Waals surface area contributed by atoms with Crippen molar-refractivity contribution in [2.75, 3.05) is 6.54 Å². The summed E-state index contributed by atoms with van der Waals surface area (Å²) in [6.45, 7) is 0.572. The summed E-state index contributed by atoms with van der Waals surface area (Å²) in [6, 6.07) is 10.9. The van der Waals surface area contributed by atoms with E-state index in [1.165, 1.54) is 0 Å². The van der Waals surface area contributed by atoms with Crippen LogP contribution in [0.25, 0.3) is 0 Å². The van der Waals surface area contributed by atoms with E-state index >= 15 is 0 Å². The summed E-state index contributed by atoms with van der Waals surface area (Å²) in [5.74, 6) is 1.36. The molecule has 5 heteroatoms. The van der Waals surface area contributed by atoms with Crippen molar-refractivity contribution in [2.45, 2.75) is 6.42 Å². The molecule has 100 valence electrons. The molecule has 0 saturated heterocycles. The third-order valence-electron chi connectivity index (χ3n) is 2.56. The minimum absolute atomic E-state index is 0.572. The maximum absolute atomic E-state index is 6.17. The fourth-order valence-electron chi connectivity index (χ4n) is 1.63. The zero-order valence-electron chi connectivity index (χ0n) is 10.00. The van der Waals surface area contributed by atoms with Gasteiger partial charge in [-0.05, 0) is 64.8 Å². The fraction of sp³-hybridized carbons (Fsp3) is 0.143. The molecule has 2 nitrogen and oxygen atoms in total. The first-order valence-corrected chi connectivity index (χ1v) is 7.26. The highest BCUT2D eigenvalue weighted by molar-refractivity contribution is 9.10. The number of nitrogens with two attached hydrogens (primary N) is 1. The molecule has 2 aromatic rings. The Balaban J connectivity index is 2.21. The highest BCUT2D eigenvalue weighted by Gasteiger charge is 2.06. The summed E-state index contributed by atoms with van der Waals surface area (Å²) in [5.41, 5.74) is 6.54. The van der Waals surface area contributed by atoms with Crippen LogP contribution in [0.5, 0.6) is 11.5 Å². The topological polar surface area (TPSA) is 35.2 Å². The molecule has 2 aromatic carbocycles. The van der Waals surface area contributed by atoms with E-state index in [4.69, 9.17) is 33.7 Å². The van der Waals surface area contributed by atoms with Gasteiger partial charge in [-0.15, -0.1) is 0 Å². The molecule has 0 aliphatic carbocycles. The zero-order valence-corrected chi connectivity index (χ0v) is 13.1. The number of ether oxygens (including phenoxy) is 1. The van der Waals surface area contributed by atoms with Gasteiger partial charge in [-0.2, -0.15) is 0 Å². The molecule has 0 heterocycles. The van der Waals surface area contributed by atoms with Crippen molar-refractivity contribution in [3.05, 3.63) is 56.5 Å². The van der Waals surface area contributed by atoms with Gasteiger partial charge in [0.05, 0.1) is 4.47 Å². The first kappa shape index (κ1) is 14.7. The quantitative estimate of drug-likeness (QED) is 0.827. The second-order valence-corrected chi connectivity index (χ2v) is 5.67. The largest absolute Gasteiger partial charge is 0.456 e. The fourth-order valence-corrected chi connectivity index (χ4v) is 2.66. The maximum atomic E-state index is 6.17. The Kier molecular flexibility index (Phi) is 5.11. The minimum Gasteiger partial charge on any atom is -0.456 e. The molecular formula is C14H12BrCl2NO. The maximum Gasteiger partial charge on any atom is 0.141 e. The van der Waals surface area contributed by atoms with Crippen LogP contribution in [0.15, 0.2) is 40.9 Å². The Morgan fingerprint density at radius 1 is 1.11 bits per heavy atom. The van der Waals surface area contributed by atoms with Gasteiger partial charge in [0.2, 0.25) is 0 Å². The van der Waals surface area contributed by atoms with Gasteiger partial charge in [-0.25, -0.2) is 0 Å². The Morgan fingerprint density at radius 2 is 1.89 bits per heavy atom. The number of halogens is 3. The van der Waals surface area contributed by atoms with Crippen LogP contribution >= 0.6 is 39.1 Å². The van der Waals surface area contributed by atoms with Crippen molar-refractivity contribution in [3.8, 4) is 11.5 Å².